The number of nitrogens with zero attached hydrogens (tertiary/aromatic N) is 1. The van der Waals surface area contributed by atoms with E-state index < -0.39 is 35.4 Å². The summed E-state index contributed by atoms with van der Waals surface area (Å²) < 4.78 is 63.3. The van der Waals surface area contributed by atoms with Gasteiger partial charge in [-0.15, -0.1) is 0 Å². The third kappa shape index (κ3) is 8.85. The second kappa shape index (κ2) is 14.0. The average Bonchev–Trinajstić information content (AvgIpc) is 2.91. The Hall–Kier alpha value is -3.83. The fraction of sp³-hybridized carbons (Fsp3) is 0.464. The number of nitrogens with one attached hydrogen (secondary N) is 2. The van der Waals surface area contributed by atoms with Crippen molar-refractivity contribution in [3.63, 3.8) is 0 Å². The van der Waals surface area contributed by atoms with Gasteiger partial charge < -0.3 is 20.5 Å². The van der Waals surface area contributed by atoms with Crippen molar-refractivity contribution in [3.05, 3.63) is 58.9 Å². The van der Waals surface area contributed by atoms with Crippen LogP contribution in [0, 0.1) is 11.7 Å². The first kappa shape index (κ1) is 30.7. The van der Waals surface area contributed by atoms with Crippen LogP contribution >= 0.6 is 0 Å². The number of halogens is 4. The minimum atomic E-state index is -4.86. The number of alkyl halides is 3. The molecule has 2 amide bonds. The minimum Gasteiger partial charge on any atom is -0.493 e. The van der Waals surface area contributed by atoms with Gasteiger partial charge in [-0.05, 0) is 47.7 Å². The highest BCUT2D eigenvalue weighted by molar-refractivity contribution is 5.98. The van der Waals surface area contributed by atoms with Crippen molar-refractivity contribution in [2.45, 2.75) is 63.7 Å². The molecule has 40 heavy (non-hydrogen) atoms. The number of rotatable bonds is 10. The Kier molecular flexibility index (Phi) is 10.7. The number of ether oxygens (including phenoxy) is 2. The van der Waals surface area contributed by atoms with Crippen LogP contribution in [0.4, 0.5) is 17.6 Å². The zero-order valence-electron chi connectivity index (χ0n) is 22.4. The number of hydrogen-bond donors (Lipinski definition) is 3. The van der Waals surface area contributed by atoms with Crippen LogP contribution in [0.5, 0.6) is 11.5 Å². The first-order chi connectivity index (χ1) is 19.0. The van der Waals surface area contributed by atoms with Crippen LogP contribution in [0.15, 0.2) is 41.4 Å². The van der Waals surface area contributed by atoms with Crippen LogP contribution in [-0.2, 0) is 28.7 Å². The Bertz CT molecular complexity index is 1210. The number of methoxy groups -OCH3 is 2. The van der Waals surface area contributed by atoms with E-state index in [9.17, 15) is 27.2 Å². The molecule has 1 fully saturated rings. The van der Waals surface area contributed by atoms with E-state index >= 15 is 0 Å². The maximum atomic E-state index is 13.6. The van der Waals surface area contributed by atoms with Gasteiger partial charge in [0.15, 0.2) is 17.5 Å². The fourth-order valence-corrected chi connectivity index (χ4v) is 4.73. The summed E-state index contributed by atoms with van der Waals surface area (Å²) in [5.74, 6) is -1.47. The molecular weight excluding hydrogens is 532 g/mol. The largest absolute Gasteiger partial charge is 0.493 e. The van der Waals surface area contributed by atoms with Crippen molar-refractivity contribution in [3.8, 4) is 11.5 Å². The molecule has 2 aromatic rings. The molecule has 1 saturated carbocycles. The molecule has 1 atom stereocenters. The SMILES string of the molecule is COc1ccc(CC(=O)NC(N)=N[C@H](CC2CCCCC2)C(=O)NCc2ccc(F)c(C(F)(F)F)c2)cc1OC. The highest BCUT2D eigenvalue weighted by atomic mass is 19.4. The van der Waals surface area contributed by atoms with Crippen LogP contribution in [0.2, 0.25) is 0 Å². The summed E-state index contributed by atoms with van der Waals surface area (Å²) in [4.78, 5) is 29.9. The van der Waals surface area contributed by atoms with E-state index in [1.165, 1.54) is 20.3 Å². The zero-order valence-corrected chi connectivity index (χ0v) is 22.4. The van der Waals surface area contributed by atoms with Gasteiger partial charge in [-0.2, -0.15) is 13.2 Å². The molecule has 12 heteroatoms. The molecule has 0 aliphatic heterocycles. The van der Waals surface area contributed by atoms with Gasteiger partial charge in [0.1, 0.15) is 11.9 Å². The normalized spacial score (nSPS) is 15.3. The van der Waals surface area contributed by atoms with E-state index in [-0.39, 0.29) is 30.4 Å². The first-order valence-electron chi connectivity index (χ1n) is 13.0. The molecule has 3 rings (SSSR count). The maximum Gasteiger partial charge on any atom is 0.419 e. The molecule has 0 aromatic heterocycles. The van der Waals surface area contributed by atoms with Crippen molar-refractivity contribution < 1.29 is 36.6 Å². The quantitative estimate of drug-likeness (QED) is 0.223. The summed E-state index contributed by atoms with van der Waals surface area (Å²) in [7, 11) is 2.98. The molecule has 4 N–H and O–H groups in total. The Morgan fingerprint density at radius 2 is 1.70 bits per heavy atom. The average molecular weight is 567 g/mol. The standard InChI is InChI=1S/C28H34F4N4O4/c1-39-23-11-9-18(14-24(23)40-2)15-25(37)36-27(33)35-22(13-17-6-4-3-5-7-17)26(38)34-16-19-8-10-21(29)20(12-19)28(30,31)32/h8-12,14,17,22H,3-7,13,15-16H2,1-2H3,(H,34,38)(H3,33,35,36,37)/t22-/m1/s1. The lowest BCUT2D eigenvalue weighted by Crippen LogP contribution is -2.42. The summed E-state index contributed by atoms with van der Waals surface area (Å²) in [6.45, 7) is -0.259. The number of aliphatic imine (C=N–C) groups is 1. The van der Waals surface area contributed by atoms with Gasteiger partial charge in [0.2, 0.25) is 11.8 Å². The number of benzene rings is 2. The molecule has 1 aliphatic rings. The molecule has 1 aliphatic carbocycles. The van der Waals surface area contributed by atoms with Crippen LogP contribution in [0.1, 0.15) is 55.2 Å². The molecule has 218 valence electrons. The van der Waals surface area contributed by atoms with Crippen LogP contribution in [-0.4, -0.2) is 38.0 Å². The Morgan fingerprint density at radius 1 is 1.02 bits per heavy atom. The number of amides is 2. The van der Waals surface area contributed by atoms with Crippen LogP contribution in [0.3, 0.4) is 0 Å². The van der Waals surface area contributed by atoms with Crippen molar-refractivity contribution >= 4 is 17.8 Å². The smallest absolute Gasteiger partial charge is 0.419 e. The second-order valence-electron chi connectivity index (χ2n) is 9.71. The van der Waals surface area contributed by atoms with Gasteiger partial charge in [0.05, 0.1) is 26.2 Å². The summed E-state index contributed by atoms with van der Waals surface area (Å²) in [5, 5.41) is 5.07. The summed E-state index contributed by atoms with van der Waals surface area (Å²) in [6.07, 6.45) is 0.456. The highest BCUT2D eigenvalue weighted by Crippen LogP contribution is 2.32. The van der Waals surface area contributed by atoms with E-state index in [1.807, 2.05) is 0 Å². The maximum absolute atomic E-state index is 13.6. The molecule has 0 radical (unpaired) electrons. The summed E-state index contributed by atoms with van der Waals surface area (Å²) >= 11 is 0. The molecule has 0 saturated heterocycles. The van der Waals surface area contributed by atoms with Crippen LogP contribution < -0.4 is 25.8 Å². The Balaban J connectivity index is 1.69. The second-order valence-corrected chi connectivity index (χ2v) is 9.71. The predicted octanol–water partition coefficient (Wildman–Crippen LogP) is 4.49. The monoisotopic (exact) mass is 566 g/mol. The first-order valence-corrected chi connectivity index (χ1v) is 13.0. The summed E-state index contributed by atoms with van der Waals surface area (Å²) in [5.41, 5.74) is 5.31. The zero-order chi connectivity index (χ0) is 29.3. The van der Waals surface area contributed by atoms with Crippen molar-refractivity contribution in [1.29, 1.82) is 0 Å². The number of nitrogens with two attached hydrogens (primary N) is 1. The third-order valence-corrected chi connectivity index (χ3v) is 6.76. The highest BCUT2D eigenvalue weighted by Gasteiger charge is 2.34. The van der Waals surface area contributed by atoms with Crippen molar-refractivity contribution in [2.75, 3.05) is 14.2 Å². The van der Waals surface area contributed by atoms with E-state index in [2.05, 4.69) is 15.6 Å². The van der Waals surface area contributed by atoms with Crippen molar-refractivity contribution in [1.82, 2.24) is 10.6 Å². The molecule has 2 aromatic carbocycles. The lowest BCUT2D eigenvalue weighted by molar-refractivity contribution is -0.140. The van der Waals surface area contributed by atoms with Gasteiger partial charge in [0.25, 0.3) is 0 Å². The molecule has 0 unspecified atom stereocenters. The lowest BCUT2D eigenvalue weighted by atomic mass is 9.84. The van der Waals surface area contributed by atoms with Crippen molar-refractivity contribution in [2.24, 2.45) is 16.6 Å². The fourth-order valence-electron chi connectivity index (χ4n) is 4.73. The Morgan fingerprint density at radius 3 is 2.35 bits per heavy atom. The third-order valence-electron chi connectivity index (χ3n) is 6.76. The molecule has 0 heterocycles. The summed E-state index contributed by atoms with van der Waals surface area (Å²) in [6, 6.07) is 6.62. The molecule has 0 spiro atoms. The molecule has 8 nitrogen and oxygen atoms in total. The van der Waals surface area contributed by atoms with E-state index in [0.717, 1.165) is 32.1 Å². The number of carbonyl (C=O) groups excluding carboxylic acids is 2. The van der Waals surface area contributed by atoms with Gasteiger partial charge in [-0.3, -0.25) is 14.9 Å². The van der Waals surface area contributed by atoms with E-state index in [1.54, 1.807) is 18.2 Å². The van der Waals surface area contributed by atoms with E-state index in [4.69, 9.17) is 15.2 Å². The minimum absolute atomic E-state index is 0.0395. The van der Waals surface area contributed by atoms with Gasteiger partial charge in [-0.1, -0.05) is 44.2 Å². The number of guanidine groups is 1. The Labute approximate surface area is 230 Å². The molecular formula is C28H34F4N4O4. The van der Waals surface area contributed by atoms with Gasteiger partial charge >= 0.3 is 6.18 Å². The lowest BCUT2D eigenvalue weighted by Gasteiger charge is -2.24. The molecule has 0 bridgehead atoms. The van der Waals surface area contributed by atoms with Gasteiger partial charge in [-0.25, -0.2) is 9.38 Å². The number of carbonyl (C=O) groups is 2. The topological polar surface area (TPSA) is 115 Å². The van der Waals surface area contributed by atoms with Crippen LogP contribution in [0.25, 0.3) is 0 Å². The predicted molar refractivity (Wildman–Crippen MR) is 141 cm³/mol. The number of hydrogen-bond acceptors (Lipinski definition) is 5. The van der Waals surface area contributed by atoms with E-state index in [0.29, 0.717) is 35.6 Å². The van der Waals surface area contributed by atoms with Gasteiger partial charge in [0, 0.05) is 6.54 Å².